The summed E-state index contributed by atoms with van der Waals surface area (Å²) in [4.78, 5) is 0. The van der Waals surface area contributed by atoms with Gasteiger partial charge in [0.05, 0.1) is 6.10 Å². The number of aryl methyl sites for hydroxylation is 1. The minimum Gasteiger partial charge on any atom is -0.388 e. The fourth-order valence-corrected chi connectivity index (χ4v) is 1.93. The second kappa shape index (κ2) is 5.63. The highest BCUT2D eigenvalue weighted by Gasteiger charge is 2.16. The second-order valence-corrected chi connectivity index (χ2v) is 4.59. The van der Waals surface area contributed by atoms with Gasteiger partial charge in [0.2, 0.25) is 0 Å². The third-order valence-electron chi connectivity index (χ3n) is 3.05. The van der Waals surface area contributed by atoms with Gasteiger partial charge in [0.25, 0.3) is 0 Å². The van der Waals surface area contributed by atoms with E-state index in [0.29, 0.717) is 11.6 Å². The molecule has 0 heterocycles. The monoisotopic (exact) mass is 284 g/mol. The standard InChI is InChI=1S/C15H12F4O/c1-8-4-10(13(18)7-12(8)17)15(20)6-9-2-3-11(16)14(19)5-9/h2-5,7,15,20H,6H2,1H3. The molecule has 1 unspecified atom stereocenters. The first-order valence-corrected chi connectivity index (χ1v) is 5.96. The molecule has 2 aromatic rings. The van der Waals surface area contributed by atoms with E-state index >= 15 is 0 Å². The topological polar surface area (TPSA) is 20.2 Å². The van der Waals surface area contributed by atoms with Gasteiger partial charge in [0.15, 0.2) is 11.6 Å². The molecule has 0 aromatic heterocycles. The van der Waals surface area contributed by atoms with E-state index < -0.39 is 29.4 Å². The first-order valence-electron chi connectivity index (χ1n) is 5.96. The second-order valence-electron chi connectivity index (χ2n) is 4.59. The van der Waals surface area contributed by atoms with Crippen LogP contribution in [0.1, 0.15) is 22.8 Å². The van der Waals surface area contributed by atoms with Crippen LogP contribution >= 0.6 is 0 Å². The van der Waals surface area contributed by atoms with Gasteiger partial charge in [-0.25, -0.2) is 17.6 Å². The van der Waals surface area contributed by atoms with Crippen molar-refractivity contribution < 1.29 is 22.7 Å². The van der Waals surface area contributed by atoms with E-state index in [1.165, 1.54) is 19.1 Å². The van der Waals surface area contributed by atoms with Crippen molar-refractivity contribution in [3.05, 3.63) is 70.3 Å². The van der Waals surface area contributed by atoms with E-state index in [1.54, 1.807) is 0 Å². The van der Waals surface area contributed by atoms with Crippen LogP contribution in [0.4, 0.5) is 17.6 Å². The molecule has 0 saturated carbocycles. The molecule has 5 heteroatoms. The predicted molar refractivity (Wildman–Crippen MR) is 66.1 cm³/mol. The van der Waals surface area contributed by atoms with Gasteiger partial charge in [0, 0.05) is 18.1 Å². The zero-order valence-electron chi connectivity index (χ0n) is 10.6. The molecule has 0 fully saturated rings. The molecule has 106 valence electrons. The molecule has 0 aliphatic rings. The van der Waals surface area contributed by atoms with Gasteiger partial charge in [-0.1, -0.05) is 6.07 Å². The summed E-state index contributed by atoms with van der Waals surface area (Å²) in [6.45, 7) is 1.45. The summed E-state index contributed by atoms with van der Waals surface area (Å²) in [5.74, 6) is -3.60. The molecule has 0 aliphatic carbocycles. The zero-order chi connectivity index (χ0) is 14.9. The van der Waals surface area contributed by atoms with Crippen LogP contribution in [-0.4, -0.2) is 5.11 Å². The highest BCUT2D eigenvalue weighted by Crippen LogP contribution is 2.24. The Hall–Kier alpha value is -1.88. The number of benzene rings is 2. The number of halogens is 4. The molecule has 0 amide bonds. The predicted octanol–water partition coefficient (Wildman–Crippen LogP) is 3.83. The third-order valence-corrected chi connectivity index (χ3v) is 3.05. The van der Waals surface area contributed by atoms with Crippen LogP contribution in [0.5, 0.6) is 0 Å². The molecule has 2 rings (SSSR count). The Balaban J connectivity index is 2.25. The summed E-state index contributed by atoms with van der Waals surface area (Å²) >= 11 is 0. The van der Waals surface area contributed by atoms with E-state index in [1.807, 2.05) is 0 Å². The van der Waals surface area contributed by atoms with Crippen molar-refractivity contribution in [2.45, 2.75) is 19.4 Å². The van der Waals surface area contributed by atoms with E-state index in [0.717, 1.165) is 12.1 Å². The Kier molecular flexibility index (Phi) is 4.09. The molecule has 1 N–H and O–H groups in total. The van der Waals surface area contributed by atoms with Gasteiger partial charge < -0.3 is 5.11 Å². The Morgan fingerprint density at radius 1 is 0.900 bits per heavy atom. The first-order chi connectivity index (χ1) is 9.38. The Morgan fingerprint density at radius 3 is 2.25 bits per heavy atom. The van der Waals surface area contributed by atoms with Gasteiger partial charge in [-0.15, -0.1) is 0 Å². The van der Waals surface area contributed by atoms with Crippen LogP contribution in [0.15, 0.2) is 30.3 Å². The highest BCUT2D eigenvalue weighted by atomic mass is 19.2. The summed E-state index contributed by atoms with van der Waals surface area (Å²) in [7, 11) is 0. The molecule has 0 aliphatic heterocycles. The van der Waals surface area contributed by atoms with Crippen LogP contribution < -0.4 is 0 Å². The SMILES string of the molecule is Cc1cc(C(O)Cc2ccc(F)c(F)c2)c(F)cc1F. The van der Waals surface area contributed by atoms with Crippen molar-refractivity contribution in [1.82, 2.24) is 0 Å². The summed E-state index contributed by atoms with van der Waals surface area (Å²) in [6.07, 6.45) is -1.36. The lowest BCUT2D eigenvalue weighted by Crippen LogP contribution is -2.06. The number of aliphatic hydroxyl groups is 1. The lowest BCUT2D eigenvalue weighted by molar-refractivity contribution is 0.173. The molecular weight excluding hydrogens is 272 g/mol. The average molecular weight is 284 g/mol. The molecule has 2 aromatic carbocycles. The summed E-state index contributed by atoms with van der Waals surface area (Å²) in [5.41, 5.74) is 0.442. The molecule has 1 nitrogen and oxygen atoms in total. The first kappa shape index (κ1) is 14.5. The van der Waals surface area contributed by atoms with Crippen LogP contribution in [-0.2, 0) is 6.42 Å². The van der Waals surface area contributed by atoms with Gasteiger partial charge >= 0.3 is 0 Å². The molecule has 0 spiro atoms. The minimum atomic E-state index is -1.26. The van der Waals surface area contributed by atoms with Crippen molar-refractivity contribution >= 4 is 0 Å². The molecule has 0 radical (unpaired) electrons. The molecule has 20 heavy (non-hydrogen) atoms. The minimum absolute atomic E-state index is 0.0753. The zero-order valence-corrected chi connectivity index (χ0v) is 10.6. The molecule has 1 atom stereocenters. The molecule has 0 bridgehead atoms. The van der Waals surface area contributed by atoms with E-state index in [2.05, 4.69) is 0 Å². The number of hydrogen-bond acceptors (Lipinski definition) is 1. The Bertz CT molecular complexity index is 640. The van der Waals surface area contributed by atoms with E-state index in [4.69, 9.17) is 0 Å². The van der Waals surface area contributed by atoms with Crippen molar-refractivity contribution in [3.63, 3.8) is 0 Å². The van der Waals surface area contributed by atoms with E-state index in [9.17, 15) is 22.7 Å². The maximum absolute atomic E-state index is 13.6. The van der Waals surface area contributed by atoms with Crippen LogP contribution in [0.2, 0.25) is 0 Å². The smallest absolute Gasteiger partial charge is 0.159 e. The van der Waals surface area contributed by atoms with Gasteiger partial charge in [0.1, 0.15) is 11.6 Å². The summed E-state index contributed by atoms with van der Waals surface area (Å²) < 4.78 is 52.6. The van der Waals surface area contributed by atoms with Crippen molar-refractivity contribution in [2.24, 2.45) is 0 Å². The van der Waals surface area contributed by atoms with Crippen molar-refractivity contribution in [2.75, 3.05) is 0 Å². The molecular formula is C15H12F4O. The van der Waals surface area contributed by atoms with E-state index in [-0.39, 0.29) is 17.5 Å². The lowest BCUT2D eigenvalue weighted by atomic mass is 9.99. The largest absolute Gasteiger partial charge is 0.388 e. The normalized spacial score (nSPS) is 12.5. The third kappa shape index (κ3) is 2.99. The molecule has 0 saturated heterocycles. The van der Waals surface area contributed by atoms with Gasteiger partial charge in [-0.05, 0) is 36.2 Å². The quantitative estimate of drug-likeness (QED) is 0.849. The van der Waals surface area contributed by atoms with Crippen molar-refractivity contribution in [1.29, 1.82) is 0 Å². The fraction of sp³-hybridized carbons (Fsp3) is 0.200. The summed E-state index contributed by atoms with van der Waals surface area (Å²) in [5, 5.41) is 9.95. The average Bonchev–Trinajstić information content (AvgIpc) is 2.38. The fourth-order valence-electron chi connectivity index (χ4n) is 1.93. The Labute approximate surface area is 113 Å². The highest BCUT2D eigenvalue weighted by molar-refractivity contribution is 5.29. The van der Waals surface area contributed by atoms with Crippen LogP contribution in [0.3, 0.4) is 0 Å². The Morgan fingerprint density at radius 2 is 1.60 bits per heavy atom. The number of aliphatic hydroxyl groups excluding tert-OH is 1. The number of rotatable bonds is 3. The van der Waals surface area contributed by atoms with Crippen molar-refractivity contribution in [3.8, 4) is 0 Å². The maximum atomic E-state index is 13.6. The summed E-state index contributed by atoms with van der Waals surface area (Å²) in [6, 6.07) is 5.07. The van der Waals surface area contributed by atoms with Gasteiger partial charge in [-0.3, -0.25) is 0 Å². The lowest BCUT2D eigenvalue weighted by Gasteiger charge is -2.13. The van der Waals surface area contributed by atoms with Crippen LogP contribution in [0.25, 0.3) is 0 Å². The van der Waals surface area contributed by atoms with Crippen LogP contribution in [0, 0.1) is 30.2 Å². The van der Waals surface area contributed by atoms with Gasteiger partial charge in [-0.2, -0.15) is 0 Å². The number of hydrogen-bond donors (Lipinski definition) is 1. The maximum Gasteiger partial charge on any atom is 0.159 e.